The van der Waals surface area contributed by atoms with Crippen LogP contribution in [0.3, 0.4) is 0 Å². The molecule has 0 aliphatic heterocycles. The van der Waals surface area contributed by atoms with Crippen LogP contribution in [0.15, 0.2) is 78.9 Å². The van der Waals surface area contributed by atoms with Gasteiger partial charge >= 0.3 is 0 Å². The van der Waals surface area contributed by atoms with Crippen LogP contribution in [-0.2, 0) is 33.6 Å². The molecule has 7 nitrogen and oxygen atoms in total. The molecule has 0 saturated heterocycles. The van der Waals surface area contributed by atoms with E-state index in [2.05, 4.69) is 5.32 Å². The maximum Gasteiger partial charge on any atom is 0.290 e. The average Bonchev–Trinajstić information content (AvgIpc) is 2.91. The molecule has 3 aromatic rings. The molecule has 7 heteroatoms. The van der Waals surface area contributed by atoms with Crippen molar-refractivity contribution in [2.75, 3.05) is 27.8 Å². The Hall–Kier alpha value is -4.13. The highest BCUT2D eigenvalue weighted by Crippen LogP contribution is 2.27. The molecule has 1 N–H and O–H groups in total. The van der Waals surface area contributed by atoms with Crippen LogP contribution < -0.4 is 14.8 Å². The fourth-order valence-corrected chi connectivity index (χ4v) is 3.92. The summed E-state index contributed by atoms with van der Waals surface area (Å²) in [6.07, 6.45) is 0.849. The number of ketones is 1. The molecule has 2 amide bonds. The minimum absolute atomic E-state index is 0.0109. The Morgan fingerprint density at radius 1 is 0.806 bits per heavy atom. The molecule has 0 aliphatic carbocycles. The van der Waals surface area contributed by atoms with Crippen molar-refractivity contribution in [3.8, 4) is 11.5 Å². The summed E-state index contributed by atoms with van der Waals surface area (Å²) < 4.78 is 10.6. The van der Waals surface area contributed by atoms with Gasteiger partial charge in [0.25, 0.3) is 5.91 Å². The minimum Gasteiger partial charge on any atom is -0.493 e. The number of rotatable bonds is 12. The number of hydrogen-bond acceptors (Lipinski definition) is 5. The molecule has 3 rings (SSSR count). The molecule has 0 fully saturated rings. The van der Waals surface area contributed by atoms with Crippen LogP contribution in [0, 0.1) is 0 Å². The molecular formula is C29H32N2O5. The fraction of sp³-hybridized carbons (Fsp3) is 0.276. The number of methoxy groups -OCH3 is 2. The predicted octanol–water partition coefficient (Wildman–Crippen LogP) is 3.24. The van der Waals surface area contributed by atoms with Gasteiger partial charge in [0.15, 0.2) is 11.5 Å². The first-order valence-electron chi connectivity index (χ1n) is 11.8. The highest BCUT2D eigenvalue weighted by atomic mass is 16.5. The average molecular weight is 489 g/mol. The molecule has 0 aliphatic rings. The number of ether oxygens (including phenoxy) is 2. The van der Waals surface area contributed by atoms with E-state index in [1.165, 1.54) is 11.9 Å². The summed E-state index contributed by atoms with van der Waals surface area (Å²) in [6, 6.07) is 23.3. The number of amides is 2. The Kier molecular flexibility index (Phi) is 9.63. The standard InChI is InChI=1S/C29H32N2O5/c1-31(29(34)25(32)19-22-12-8-5-9-13-22)24(18-21-10-6-4-7-11-21)28(33)30-17-16-23-14-15-26(35-2)27(20-23)36-3/h4-15,20,24H,16-19H2,1-3H3,(H,30,33)/t24-/m0/s1. The summed E-state index contributed by atoms with van der Waals surface area (Å²) in [5.74, 6) is -0.309. The van der Waals surface area contributed by atoms with Crippen LogP contribution in [0.25, 0.3) is 0 Å². The first kappa shape index (κ1) is 26.5. The van der Waals surface area contributed by atoms with Crippen LogP contribution in [0.5, 0.6) is 11.5 Å². The van der Waals surface area contributed by atoms with E-state index in [-0.39, 0.29) is 12.3 Å². The lowest BCUT2D eigenvalue weighted by atomic mass is 10.0. The summed E-state index contributed by atoms with van der Waals surface area (Å²) in [6.45, 7) is 0.361. The molecule has 1 atom stereocenters. The van der Waals surface area contributed by atoms with Crippen LogP contribution >= 0.6 is 0 Å². The van der Waals surface area contributed by atoms with Gasteiger partial charge in [-0.2, -0.15) is 0 Å². The molecule has 3 aromatic carbocycles. The van der Waals surface area contributed by atoms with Gasteiger partial charge in [0.05, 0.1) is 14.2 Å². The molecule has 0 bridgehead atoms. The monoisotopic (exact) mass is 488 g/mol. The normalized spacial score (nSPS) is 11.3. The van der Waals surface area contributed by atoms with Gasteiger partial charge in [-0.15, -0.1) is 0 Å². The van der Waals surface area contributed by atoms with Gasteiger partial charge in [0.2, 0.25) is 11.7 Å². The summed E-state index contributed by atoms with van der Waals surface area (Å²) in [4.78, 5) is 40.2. The lowest BCUT2D eigenvalue weighted by molar-refractivity contribution is -0.147. The zero-order chi connectivity index (χ0) is 25.9. The van der Waals surface area contributed by atoms with Crippen molar-refractivity contribution in [2.24, 2.45) is 0 Å². The SMILES string of the molecule is COc1ccc(CCNC(=O)[C@H](Cc2ccccc2)N(C)C(=O)C(=O)Cc2ccccc2)cc1OC. The first-order valence-corrected chi connectivity index (χ1v) is 11.8. The Bertz CT molecular complexity index is 1160. The lowest BCUT2D eigenvalue weighted by Gasteiger charge is -2.27. The molecule has 0 radical (unpaired) electrons. The molecule has 0 saturated carbocycles. The highest BCUT2D eigenvalue weighted by Gasteiger charge is 2.30. The number of benzene rings is 3. The quantitative estimate of drug-likeness (QED) is 0.396. The molecule has 0 heterocycles. The summed E-state index contributed by atoms with van der Waals surface area (Å²) in [5.41, 5.74) is 2.62. The topological polar surface area (TPSA) is 84.9 Å². The Morgan fingerprint density at radius 2 is 1.42 bits per heavy atom. The van der Waals surface area contributed by atoms with Gasteiger partial charge in [-0.25, -0.2) is 0 Å². The van der Waals surface area contributed by atoms with E-state index in [9.17, 15) is 14.4 Å². The smallest absolute Gasteiger partial charge is 0.290 e. The van der Waals surface area contributed by atoms with Crippen molar-refractivity contribution in [2.45, 2.75) is 25.3 Å². The first-order chi connectivity index (χ1) is 17.4. The van der Waals surface area contributed by atoms with Crippen LogP contribution in [-0.4, -0.2) is 56.4 Å². The van der Waals surface area contributed by atoms with E-state index in [1.807, 2.05) is 66.7 Å². The van der Waals surface area contributed by atoms with Crippen molar-refractivity contribution in [3.05, 3.63) is 95.6 Å². The second-order valence-corrected chi connectivity index (χ2v) is 8.44. The van der Waals surface area contributed by atoms with Crippen molar-refractivity contribution in [3.63, 3.8) is 0 Å². The van der Waals surface area contributed by atoms with E-state index in [0.717, 1.165) is 16.7 Å². The number of carbonyl (C=O) groups is 3. The maximum absolute atomic E-state index is 13.2. The van der Waals surface area contributed by atoms with Gasteiger partial charge in [0, 0.05) is 26.4 Å². The van der Waals surface area contributed by atoms with E-state index < -0.39 is 17.7 Å². The van der Waals surface area contributed by atoms with E-state index in [4.69, 9.17) is 9.47 Å². The molecule has 0 unspecified atom stereocenters. The molecular weight excluding hydrogens is 456 g/mol. The minimum atomic E-state index is -0.829. The number of nitrogens with zero attached hydrogens (tertiary/aromatic N) is 1. The summed E-state index contributed by atoms with van der Waals surface area (Å²) >= 11 is 0. The molecule has 0 spiro atoms. The van der Waals surface area contributed by atoms with Crippen LogP contribution in [0.4, 0.5) is 0 Å². The third-order valence-corrected chi connectivity index (χ3v) is 5.97. The highest BCUT2D eigenvalue weighted by molar-refractivity contribution is 6.36. The zero-order valence-electron chi connectivity index (χ0n) is 20.9. The number of carbonyl (C=O) groups excluding carboxylic acids is 3. The number of Topliss-reactive ketones (excluding diaryl/α,β-unsaturated/α-hetero) is 1. The largest absolute Gasteiger partial charge is 0.493 e. The van der Waals surface area contributed by atoms with E-state index in [0.29, 0.717) is 30.9 Å². The second-order valence-electron chi connectivity index (χ2n) is 8.44. The third kappa shape index (κ3) is 7.18. The maximum atomic E-state index is 13.2. The van der Waals surface area contributed by atoms with Crippen molar-refractivity contribution in [1.29, 1.82) is 0 Å². The number of likely N-dealkylation sites (N-methyl/N-ethyl adjacent to an activating group) is 1. The van der Waals surface area contributed by atoms with Gasteiger partial charge < -0.3 is 19.7 Å². The molecule has 0 aromatic heterocycles. The fourth-order valence-electron chi connectivity index (χ4n) is 3.92. The van der Waals surface area contributed by atoms with Crippen molar-refractivity contribution in [1.82, 2.24) is 10.2 Å². The molecule has 36 heavy (non-hydrogen) atoms. The summed E-state index contributed by atoms with van der Waals surface area (Å²) in [5, 5.41) is 2.93. The van der Waals surface area contributed by atoms with Crippen LogP contribution in [0.2, 0.25) is 0 Å². The second kappa shape index (κ2) is 13.1. The Morgan fingerprint density at radius 3 is 2.03 bits per heavy atom. The van der Waals surface area contributed by atoms with Crippen LogP contribution in [0.1, 0.15) is 16.7 Å². The summed E-state index contributed by atoms with van der Waals surface area (Å²) in [7, 11) is 4.66. The Labute approximate surface area is 212 Å². The van der Waals surface area contributed by atoms with Crippen molar-refractivity contribution >= 4 is 17.6 Å². The lowest BCUT2D eigenvalue weighted by Crippen LogP contribution is -2.51. The van der Waals surface area contributed by atoms with Gasteiger partial charge in [-0.05, 0) is 35.2 Å². The van der Waals surface area contributed by atoms with Gasteiger partial charge in [-0.1, -0.05) is 66.7 Å². The number of nitrogens with one attached hydrogen (secondary N) is 1. The number of hydrogen-bond donors (Lipinski definition) is 1. The molecule has 188 valence electrons. The van der Waals surface area contributed by atoms with Gasteiger partial charge in [0.1, 0.15) is 6.04 Å². The van der Waals surface area contributed by atoms with Gasteiger partial charge in [-0.3, -0.25) is 14.4 Å². The van der Waals surface area contributed by atoms with Crippen molar-refractivity contribution < 1.29 is 23.9 Å². The zero-order valence-corrected chi connectivity index (χ0v) is 20.9. The Balaban J connectivity index is 1.68. The third-order valence-electron chi connectivity index (χ3n) is 5.97. The predicted molar refractivity (Wildman–Crippen MR) is 138 cm³/mol. The van der Waals surface area contributed by atoms with E-state index >= 15 is 0 Å². The van der Waals surface area contributed by atoms with E-state index in [1.54, 1.807) is 26.4 Å².